The Hall–Kier alpha value is -1.31. The van der Waals surface area contributed by atoms with Gasteiger partial charge in [0.2, 0.25) is 0 Å². The number of alkyl halides is 3. The fraction of sp³-hybridized carbons (Fsp3) is 0.882. The highest BCUT2D eigenvalue weighted by Crippen LogP contribution is 2.39. The van der Waals surface area contributed by atoms with Crippen molar-refractivity contribution in [2.24, 2.45) is 5.92 Å². The van der Waals surface area contributed by atoms with Crippen LogP contribution in [0.1, 0.15) is 65.7 Å². The van der Waals surface area contributed by atoms with Crippen molar-refractivity contribution in [3.63, 3.8) is 0 Å². The molecule has 146 valence electrons. The van der Waals surface area contributed by atoms with Gasteiger partial charge in [-0.2, -0.15) is 13.2 Å². The molecule has 0 aromatic carbocycles. The highest BCUT2D eigenvalue weighted by atomic mass is 19.4. The van der Waals surface area contributed by atoms with E-state index in [0.29, 0.717) is 12.8 Å². The van der Waals surface area contributed by atoms with Crippen molar-refractivity contribution < 1.29 is 37.3 Å². The van der Waals surface area contributed by atoms with Crippen molar-refractivity contribution in [1.82, 2.24) is 0 Å². The number of esters is 2. The number of hydrogen-bond acceptors (Lipinski definition) is 5. The van der Waals surface area contributed by atoms with Crippen LogP contribution >= 0.6 is 0 Å². The standard InChI is InChI=1S/C17H27F3O5/c1-4-16(5-2,12-9-7-6-8-10-12)25-13(21)11-24-14(22)15(3,23)17(18,19)20/h12,23H,4-11H2,1-3H3. The molecule has 1 N–H and O–H groups in total. The molecule has 5 nitrogen and oxygen atoms in total. The number of hydrogen-bond donors (Lipinski definition) is 1. The van der Waals surface area contributed by atoms with Gasteiger partial charge >= 0.3 is 18.1 Å². The Morgan fingerprint density at radius 3 is 2.04 bits per heavy atom. The maximum absolute atomic E-state index is 12.6. The molecule has 1 fully saturated rings. The van der Waals surface area contributed by atoms with Crippen molar-refractivity contribution in [3.05, 3.63) is 0 Å². The third-order valence-electron chi connectivity index (χ3n) is 5.13. The quantitative estimate of drug-likeness (QED) is 0.696. The van der Waals surface area contributed by atoms with E-state index in [1.54, 1.807) is 0 Å². The van der Waals surface area contributed by atoms with Crippen LogP contribution in [0.5, 0.6) is 0 Å². The zero-order valence-electron chi connectivity index (χ0n) is 14.9. The second-order valence-corrected chi connectivity index (χ2v) is 6.73. The molecule has 1 rings (SSSR count). The Kier molecular flexibility index (Phi) is 7.28. The van der Waals surface area contributed by atoms with Gasteiger partial charge in [-0.25, -0.2) is 9.59 Å². The summed E-state index contributed by atoms with van der Waals surface area (Å²) in [5, 5.41) is 9.21. The summed E-state index contributed by atoms with van der Waals surface area (Å²) in [5.74, 6) is -2.64. The zero-order chi connectivity index (χ0) is 19.3. The molecule has 0 aliphatic heterocycles. The SMILES string of the molecule is CCC(CC)(OC(=O)COC(=O)C(C)(O)C(F)(F)F)C1CCCCC1. The molecule has 25 heavy (non-hydrogen) atoms. The molecule has 0 aromatic rings. The molecule has 0 bridgehead atoms. The maximum atomic E-state index is 12.6. The lowest BCUT2D eigenvalue weighted by Crippen LogP contribution is -2.51. The first-order valence-electron chi connectivity index (χ1n) is 8.68. The molecule has 1 saturated carbocycles. The van der Waals surface area contributed by atoms with Crippen LogP contribution in [0.15, 0.2) is 0 Å². The van der Waals surface area contributed by atoms with Crippen molar-refractivity contribution in [2.75, 3.05) is 6.61 Å². The van der Waals surface area contributed by atoms with Crippen LogP contribution in [0, 0.1) is 5.92 Å². The van der Waals surface area contributed by atoms with Crippen LogP contribution in [0.4, 0.5) is 13.2 Å². The van der Waals surface area contributed by atoms with E-state index in [1.807, 2.05) is 13.8 Å². The number of carbonyl (C=O) groups excluding carboxylic acids is 2. The van der Waals surface area contributed by atoms with Crippen LogP contribution in [0.2, 0.25) is 0 Å². The highest BCUT2D eigenvalue weighted by Gasteiger charge is 2.57. The summed E-state index contributed by atoms with van der Waals surface area (Å²) in [6.45, 7) is 3.11. The van der Waals surface area contributed by atoms with Gasteiger partial charge in [0.05, 0.1) is 0 Å². The number of aliphatic hydroxyl groups is 1. The minimum Gasteiger partial charge on any atom is -0.456 e. The number of rotatable bonds is 7. The topological polar surface area (TPSA) is 72.8 Å². The summed E-state index contributed by atoms with van der Waals surface area (Å²) in [7, 11) is 0. The van der Waals surface area contributed by atoms with E-state index in [1.165, 1.54) is 0 Å². The average molecular weight is 368 g/mol. The van der Waals surface area contributed by atoms with Crippen LogP contribution in [-0.2, 0) is 19.1 Å². The molecule has 1 unspecified atom stereocenters. The van der Waals surface area contributed by atoms with E-state index < -0.39 is 35.9 Å². The highest BCUT2D eigenvalue weighted by molar-refractivity contribution is 5.82. The van der Waals surface area contributed by atoms with E-state index in [4.69, 9.17) is 4.74 Å². The molecule has 1 atom stereocenters. The predicted octanol–water partition coefficient (Wildman–Crippen LogP) is 3.53. The lowest BCUT2D eigenvalue weighted by Gasteiger charge is -2.41. The van der Waals surface area contributed by atoms with E-state index >= 15 is 0 Å². The summed E-state index contributed by atoms with van der Waals surface area (Å²) < 4.78 is 47.6. The second kappa shape index (κ2) is 8.38. The fourth-order valence-electron chi connectivity index (χ4n) is 3.32. The Morgan fingerprint density at radius 1 is 1.08 bits per heavy atom. The van der Waals surface area contributed by atoms with Crippen molar-refractivity contribution in [1.29, 1.82) is 0 Å². The first-order chi connectivity index (χ1) is 11.5. The lowest BCUT2D eigenvalue weighted by molar-refractivity contribution is -0.257. The smallest absolute Gasteiger partial charge is 0.427 e. The summed E-state index contributed by atoms with van der Waals surface area (Å²) in [6.07, 6.45) is 1.06. The number of halogens is 3. The van der Waals surface area contributed by atoms with Gasteiger partial charge in [0.15, 0.2) is 6.61 Å². The van der Waals surface area contributed by atoms with Crippen molar-refractivity contribution in [3.8, 4) is 0 Å². The van der Waals surface area contributed by atoms with E-state index in [-0.39, 0.29) is 12.8 Å². The summed E-state index contributed by atoms with van der Waals surface area (Å²) in [5.41, 5.74) is -4.36. The molecule has 0 radical (unpaired) electrons. The molecule has 8 heteroatoms. The largest absolute Gasteiger partial charge is 0.456 e. The lowest BCUT2D eigenvalue weighted by atomic mass is 9.74. The van der Waals surface area contributed by atoms with Gasteiger partial charge in [-0.05, 0) is 38.5 Å². The Labute approximate surface area is 145 Å². The van der Waals surface area contributed by atoms with E-state index in [9.17, 15) is 27.9 Å². The molecule has 1 aliphatic rings. The number of ether oxygens (including phenoxy) is 2. The normalized spacial score (nSPS) is 19.2. The molecular formula is C17H27F3O5. The number of carbonyl (C=O) groups is 2. The minimum absolute atomic E-state index is 0.189. The second-order valence-electron chi connectivity index (χ2n) is 6.73. The van der Waals surface area contributed by atoms with Crippen LogP contribution in [0.3, 0.4) is 0 Å². The molecule has 0 aromatic heterocycles. The van der Waals surface area contributed by atoms with Crippen molar-refractivity contribution in [2.45, 2.75) is 83.1 Å². The summed E-state index contributed by atoms with van der Waals surface area (Å²) in [6, 6.07) is 0. The summed E-state index contributed by atoms with van der Waals surface area (Å²) >= 11 is 0. The predicted molar refractivity (Wildman–Crippen MR) is 83.6 cm³/mol. The van der Waals surface area contributed by atoms with Gasteiger partial charge in [0, 0.05) is 0 Å². The van der Waals surface area contributed by atoms with Gasteiger partial charge < -0.3 is 14.6 Å². The Balaban J connectivity index is 2.68. The van der Waals surface area contributed by atoms with Gasteiger partial charge in [0.25, 0.3) is 5.60 Å². The first kappa shape index (κ1) is 21.7. The van der Waals surface area contributed by atoms with Crippen LogP contribution < -0.4 is 0 Å². The van der Waals surface area contributed by atoms with Gasteiger partial charge in [-0.3, -0.25) is 0 Å². The van der Waals surface area contributed by atoms with Crippen LogP contribution in [0.25, 0.3) is 0 Å². The minimum atomic E-state index is -5.19. The zero-order valence-corrected chi connectivity index (χ0v) is 14.9. The van der Waals surface area contributed by atoms with Crippen LogP contribution in [-0.4, -0.2) is 41.0 Å². The third-order valence-corrected chi connectivity index (χ3v) is 5.13. The molecule has 0 amide bonds. The van der Waals surface area contributed by atoms with E-state index in [2.05, 4.69) is 4.74 Å². The Morgan fingerprint density at radius 2 is 1.60 bits per heavy atom. The van der Waals surface area contributed by atoms with Gasteiger partial charge in [-0.15, -0.1) is 0 Å². The third kappa shape index (κ3) is 5.09. The van der Waals surface area contributed by atoms with Gasteiger partial charge in [0.1, 0.15) is 5.60 Å². The molecular weight excluding hydrogens is 341 g/mol. The average Bonchev–Trinajstić information content (AvgIpc) is 2.57. The fourth-order valence-corrected chi connectivity index (χ4v) is 3.32. The molecule has 1 aliphatic carbocycles. The van der Waals surface area contributed by atoms with Gasteiger partial charge in [-0.1, -0.05) is 33.1 Å². The molecule has 0 saturated heterocycles. The monoisotopic (exact) mass is 368 g/mol. The Bertz CT molecular complexity index is 463. The molecule has 0 heterocycles. The summed E-state index contributed by atoms with van der Waals surface area (Å²) in [4.78, 5) is 23.5. The van der Waals surface area contributed by atoms with Crippen molar-refractivity contribution >= 4 is 11.9 Å². The maximum Gasteiger partial charge on any atom is 0.427 e. The van der Waals surface area contributed by atoms with E-state index in [0.717, 1.165) is 32.1 Å². The molecule has 0 spiro atoms. The first-order valence-corrected chi connectivity index (χ1v) is 8.68.